The molecular formula is C15H10F5NO3. The van der Waals surface area contributed by atoms with E-state index >= 15 is 0 Å². The molecule has 128 valence electrons. The number of carboxylic acid groups (broad SMARTS) is 1. The second kappa shape index (κ2) is 6.06. The normalized spacial score (nSPS) is 14.1. The SMILES string of the molecule is CC(F)(c1ccc(Oc2ncc(C(=O)O)cc2F)cc1)C(F)(F)F. The molecule has 0 bridgehead atoms. The molecule has 1 N–H and O–H groups in total. The molecule has 0 aliphatic carbocycles. The molecule has 9 heteroatoms. The lowest BCUT2D eigenvalue weighted by Crippen LogP contribution is -2.34. The highest BCUT2D eigenvalue weighted by Gasteiger charge is 2.53. The Labute approximate surface area is 132 Å². The van der Waals surface area contributed by atoms with Crippen molar-refractivity contribution < 1.29 is 36.6 Å². The number of rotatable bonds is 4. The Balaban J connectivity index is 2.22. The summed E-state index contributed by atoms with van der Waals surface area (Å²) in [5.41, 5.74) is -4.58. The number of hydrogen-bond acceptors (Lipinski definition) is 3. The molecule has 0 fully saturated rings. The van der Waals surface area contributed by atoms with Gasteiger partial charge in [-0.2, -0.15) is 13.2 Å². The van der Waals surface area contributed by atoms with Gasteiger partial charge >= 0.3 is 12.1 Å². The van der Waals surface area contributed by atoms with Crippen LogP contribution in [0.4, 0.5) is 22.0 Å². The van der Waals surface area contributed by atoms with Crippen molar-refractivity contribution in [2.75, 3.05) is 0 Å². The molecule has 4 nitrogen and oxygen atoms in total. The summed E-state index contributed by atoms with van der Waals surface area (Å²) in [5.74, 6) is -3.10. The van der Waals surface area contributed by atoms with Crippen LogP contribution in [0.1, 0.15) is 22.8 Å². The highest BCUT2D eigenvalue weighted by atomic mass is 19.4. The maximum Gasteiger partial charge on any atom is 0.426 e. The maximum absolute atomic E-state index is 13.8. The first-order chi connectivity index (χ1) is 11.0. The minimum Gasteiger partial charge on any atom is -0.478 e. The molecule has 2 aromatic rings. The van der Waals surface area contributed by atoms with E-state index in [0.29, 0.717) is 13.0 Å². The predicted octanol–water partition coefficient (Wildman–Crippen LogP) is 4.46. The molecule has 0 radical (unpaired) electrons. The molecule has 0 aliphatic rings. The smallest absolute Gasteiger partial charge is 0.426 e. The predicted molar refractivity (Wildman–Crippen MR) is 72.2 cm³/mol. The molecule has 0 spiro atoms. The second-order valence-corrected chi connectivity index (χ2v) is 4.94. The molecule has 1 aromatic carbocycles. The molecule has 1 unspecified atom stereocenters. The molecule has 0 saturated heterocycles. The van der Waals surface area contributed by atoms with Crippen LogP contribution in [-0.4, -0.2) is 22.2 Å². The highest BCUT2D eigenvalue weighted by molar-refractivity contribution is 5.87. The average Bonchev–Trinajstić information content (AvgIpc) is 2.48. The summed E-state index contributed by atoms with van der Waals surface area (Å²) in [4.78, 5) is 14.1. The van der Waals surface area contributed by atoms with Gasteiger partial charge in [0.15, 0.2) is 5.82 Å². The molecule has 0 amide bonds. The van der Waals surface area contributed by atoms with Crippen LogP contribution >= 0.6 is 0 Å². The third kappa shape index (κ3) is 3.44. The van der Waals surface area contributed by atoms with E-state index in [-0.39, 0.29) is 5.75 Å². The van der Waals surface area contributed by atoms with Crippen molar-refractivity contribution in [2.45, 2.75) is 18.8 Å². The van der Waals surface area contributed by atoms with Gasteiger partial charge in [-0.25, -0.2) is 18.6 Å². The highest BCUT2D eigenvalue weighted by Crippen LogP contribution is 2.42. The summed E-state index contributed by atoms with van der Waals surface area (Å²) >= 11 is 0. The Kier molecular flexibility index (Phi) is 4.46. The molecule has 0 saturated carbocycles. The fraction of sp³-hybridized carbons (Fsp3) is 0.200. The number of pyridine rings is 1. The number of carboxylic acids is 1. The fourth-order valence-electron chi connectivity index (χ4n) is 1.73. The summed E-state index contributed by atoms with van der Waals surface area (Å²) in [6.07, 6.45) is -4.23. The van der Waals surface area contributed by atoms with E-state index in [1.165, 1.54) is 0 Å². The first-order valence-electron chi connectivity index (χ1n) is 6.45. The molecule has 1 atom stereocenters. The number of halogens is 5. The third-order valence-electron chi connectivity index (χ3n) is 3.20. The van der Waals surface area contributed by atoms with Crippen LogP contribution in [0.25, 0.3) is 0 Å². The van der Waals surface area contributed by atoms with Gasteiger partial charge in [0, 0.05) is 6.20 Å². The second-order valence-electron chi connectivity index (χ2n) is 4.94. The zero-order chi connectivity index (χ0) is 18.1. The van der Waals surface area contributed by atoms with Crippen LogP contribution in [0.15, 0.2) is 36.5 Å². The van der Waals surface area contributed by atoms with Gasteiger partial charge < -0.3 is 9.84 Å². The van der Waals surface area contributed by atoms with Crippen LogP contribution in [0.2, 0.25) is 0 Å². The minimum absolute atomic E-state index is 0.0915. The topological polar surface area (TPSA) is 59.4 Å². The molecule has 1 heterocycles. The summed E-state index contributed by atoms with van der Waals surface area (Å²) in [6.45, 7) is 0.384. The minimum atomic E-state index is -5.09. The van der Waals surface area contributed by atoms with E-state index < -0.39 is 40.6 Å². The number of hydrogen-bond donors (Lipinski definition) is 1. The summed E-state index contributed by atoms with van der Waals surface area (Å²) in [5, 5.41) is 8.69. The lowest BCUT2D eigenvalue weighted by molar-refractivity contribution is -0.228. The summed E-state index contributed by atoms with van der Waals surface area (Å²) in [7, 11) is 0. The van der Waals surface area contributed by atoms with Gasteiger partial charge in [0.2, 0.25) is 5.67 Å². The number of aromatic carboxylic acids is 1. The maximum atomic E-state index is 13.8. The Morgan fingerprint density at radius 1 is 1.17 bits per heavy atom. The largest absolute Gasteiger partial charge is 0.478 e. The molecular weight excluding hydrogens is 337 g/mol. The van der Waals surface area contributed by atoms with Crippen LogP contribution in [0, 0.1) is 5.82 Å². The van der Waals surface area contributed by atoms with E-state index in [0.717, 1.165) is 30.5 Å². The lowest BCUT2D eigenvalue weighted by Gasteiger charge is -2.24. The van der Waals surface area contributed by atoms with Gasteiger partial charge in [-0.1, -0.05) is 12.1 Å². The number of alkyl halides is 4. The zero-order valence-electron chi connectivity index (χ0n) is 12.1. The fourth-order valence-corrected chi connectivity index (χ4v) is 1.73. The molecule has 2 rings (SSSR count). The van der Waals surface area contributed by atoms with E-state index in [2.05, 4.69) is 4.98 Å². The van der Waals surface area contributed by atoms with Crippen LogP contribution < -0.4 is 4.74 Å². The Morgan fingerprint density at radius 3 is 2.21 bits per heavy atom. The number of benzene rings is 1. The van der Waals surface area contributed by atoms with Gasteiger partial charge in [-0.05, 0) is 30.7 Å². The van der Waals surface area contributed by atoms with E-state index in [4.69, 9.17) is 9.84 Å². The summed E-state index contributed by atoms with van der Waals surface area (Å²) in [6, 6.07) is 4.43. The third-order valence-corrected chi connectivity index (χ3v) is 3.20. The van der Waals surface area contributed by atoms with E-state index in [9.17, 15) is 26.7 Å². The summed E-state index contributed by atoms with van der Waals surface area (Å²) < 4.78 is 70.3. The van der Waals surface area contributed by atoms with Crippen LogP contribution in [-0.2, 0) is 5.67 Å². The van der Waals surface area contributed by atoms with Crippen molar-refractivity contribution in [3.8, 4) is 11.6 Å². The Bertz CT molecular complexity index is 757. The lowest BCUT2D eigenvalue weighted by atomic mass is 9.97. The van der Waals surface area contributed by atoms with Gasteiger partial charge in [-0.3, -0.25) is 0 Å². The average molecular weight is 347 g/mol. The monoisotopic (exact) mass is 347 g/mol. The van der Waals surface area contributed by atoms with E-state index in [1.54, 1.807) is 0 Å². The van der Waals surface area contributed by atoms with Crippen LogP contribution in [0.5, 0.6) is 11.6 Å². The van der Waals surface area contributed by atoms with Gasteiger partial charge in [0.05, 0.1) is 5.56 Å². The zero-order valence-corrected chi connectivity index (χ0v) is 12.1. The van der Waals surface area contributed by atoms with Crippen molar-refractivity contribution in [2.24, 2.45) is 0 Å². The van der Waals surface area contributed by atoms with Gasteiger partial charge in [0.1, 0.15) is 5.75 Å². The van der Waals surface area contributed by atoms with E-state index in [1.807, 2.05) is 0 Å². The standard InChI is InChI=1S/C15H10F5NO3/c1-14(17,15(18,19)20)9-2-4-10(5-3-9)24-12-11(16)6-8(7-21-12)13(22)23/h2-7H,1H3,(H,22,23). The van der Waals surface area contributed by atoms with Crippen molar-refractivity contribution in [1.82, 2.24) is 4.98 Å². The first kappa shape index (κ1) is 17.6. The Morgan fingerprint density at radius 2 is 1.75 bits per heavy atom. The van der Waals surface area contributed by atoms with Gasteiger partial charge in [0.25, 0.3) is 5.88 Å². The quantitative estimate of drug-likeness (QED) is 0.830. The number of ether oxygens (including phenoxy) is 1. The van der Waals surface area contributed by atoms with Gasteiger partial charge in [-0.15, -0.1) is 0 Å². The first-order valence-corrected chi connectivity index (χ1v) is 6.45. The molecule has 24 heavy (non-hydrogen) atoms. The molecule has 0 aliphatic heterocycles. The van der Waals surface area contributed by atoms with Crippen molar-refractivity contribution >= 4 is 5.97 Å². The number of carbonyl (C=O) groups is 1. The van der Waals surface area contributed by atoms with Crippen molar-refractivity contribution in [3.63, 3.8) is 0 Å². The number of aromatic nitrogens is 1. The van der Waals surface area contributed by atoms with Crippen molar-refractivity contribution in [3.05, 3.63) is 53.5 Å². The van der Waals surface area contributed by atoms with Crippen LogP contribution in [0.3, 0.4) is 0 Å². The number of nitrogens with zero attached hydrogens (tertiary/aromatic N) is 1. The Hall–Kier alpha value is -2.71. The van der Waals surface area contributed by atoms with Crippen molar-refractivity contribution in [1.29, 1.82) is 0 Å². The molecule has 1 aromatic heterocycles.